The second-order valence-corrected chi connectivity index (χ2v) is 3.42. The quantitative estimate of drug-likeness (QED) is 0.597. The van der Waals surface area contributed by atoms with Crippen molar-refractivity contribution in [2.24, 2.45) is 11.7 Å². The minimum Gasteiger partial charge on any atom is -0.324 e. The summed E-state index contributed by atoms with van der Waals surface area (Å²) in [6.45, 7) is 10.2. The number of nitrogens with two attached hydrogens (primary N) is 1. The molecule has 2 N–H and O–H groups in total. The summed E-state index contributed by atoms with van der Waals surface area (Å²) in [4.78, 5) is 0. The monoisotopic (exact) mass is 141 g/mol. The van der Waals surface area contributed by atoms with Crippen molar-refractivity contribution in [1.29, 1.82) is 0 Å². The van der Waals surface area contributed by atoms with Crippen LogP contribution < -0.4 is 5.73 Å². The van der Waals surface area contributed by atoms with E-state index in [-0.39, 0.29) is 6.04 Å². The summed E-state index contributed by atoms with van der Waals surface area (Å²) < 4.78 is 0. The molecule has 0 aromatic heterocycles. The lowest BCUT2D eigenvalue weighted by atomic mass is 10.0. The molecule has 0 aliphatic carbocycles. The van der Waals surface area contributed by atoms with Crippen LogP contribution in [0.25, 0.3) is 0 Å². The Kier molecular flexibility index (Phi) is 4.37. The molecule has 0 aromatic carbocycles. The zero-order chi connectivity index (χ0) is 8.15. The van der Waals surface area contributed by atoms with Gasteiger partial charge < -0.3 is 5.73 Å². The smallest absolute Gasteiger partial charge is 0.0248 e. The maximum Gasteiger partial charge on any atom is 0.0248 e. The molecule has 0 amide bonds. The van der Waals surface area contributed by atoms with E-state index in [1.165, 1.54) is 6.42 Å². The van der Waals surface area contributed by atoms with E-state index in [4.69, 9.17) is 5.73 Å². The van der Waals surface area contributed by atoms with Crippen LogP contribution in [0.2, 0.25) is 0 Å². The van der Waals surface area contributed by atoms with Crippen LogP contribution in [-0.2, 0) is 0 Å². The van der Waals surface area contributed by atoms with Gasteiger partial charge in [-0.2, -0.15) is 0 Å². The number of rotatable bonds is 4. The molecule has 0 aliphatic heterocycles. The third kappa shape index (κ3) is 4.57. The van der Waals surface area contributed by atoms with E-state index in [0.717, 1.165) is 17.9 Å². The van der Waals surface area contributed by atoms with Crippen molar-refractivity contribution in [2.45, 2.75) is 39.7 Å². The van der Waals surface area contributed by atoms with Crippen LogP contribution >= 0.6 is 0 Å². The minimum absolute atomic E-state index is 0.211. The topological polar surface area (TPSA) is 26.0 Å². The minimum atomic E-state index is 0.211. The highest BCUT2D eigenvalue weighted by Crippen LogP contribution is 2.09. The first-order valence-electron chi connectivity index (χ1n) is 3.95. The van der Waals surface area contributed by atoms with E-state index >= 15 is 0 Å². The van der Waals surface area contributed by atoms with Gasteiger partial charge in [-0.1, -0.05) is 26.0 Å². The van der Waals surface area contributed by atoms with Crippen LogP contribution in [-0.4, -0.2) is 6.04 Å². The fourth-order valence-corrected chi connectivity index (χ4v) is 0.759. The number of hydrogen-bond donors (Lipinski definition) is 1. The summed E-state index contributed by atoms with van der Waals surface area (Å²) in [6.07, 6.45) is 2.28. The first-order valence-corrected chi connectivity index (χ1v) is 3.95. The molecule has 10 heavy (non-hydrogen) atoms. The molecule has 0 bridgehead atoms. The van der Waals surface area contributed by atoms with E-state index in [0.29, 0.717) is 0 Å². The van der Waals surface area contributed by atoms with Gasteiger partial charge in [-0.25, -0.2) is 0 Å². The standard InChI is InChI=1S/C9H19N/c1-7(2)5-6-9(10)8(3)4/h7,9H,3,5-6,10H2,1-2,4H3. The van der Waals surface area contributed by atoms with Gasteiger partial charge >= 0.3 is 0 Å². The van der Waals surface area contributed by atoms with Gasteiger partial charge in [-0.3, -0.25) is 0 Å². The van der Waals surface area contributed by atoms with Gasteiger partial charge in [0.1, 0.15) is 0 Å². The molecule has 0 spiro atoms. The van der Waals surface area contributed by atoms with Crippen molar-refractivity contribution >= 4 is 0 Å². The summed E-state index contributed by atoms with van der Waals surface area (Å²) >= 11 is 0. The van der Waals surface area contributed by atoms with E-state index in [1.54, 1.807) is 0 Å². The molecule has 1 atom stereocenters. The Bertz CT molecular complexity index is 105. The van der Waals surface area contributed by atoms with Crippen molar-refractivity contribution in [3.8, 4) is 0 Å². The van der Waals surface area contributed by atoms with E-state index in [2.05, 4.69) is 20.4 Å². The molecule has 1 heteroatoms. The fourth-order valence-electron chi connectivity index (χ4n) is 0.759. The lowest BCUT2D eigenvalue weighted by Gasteiger charge is -2.11. The third-order valence-corrected chi connectivity index (χ3v) is 1.69. The van der Waals surface area contributed by atoms with Gasteiger partial charge in [0, 0.05) is 6.04 Å². The molecule has 0 rings (SSSR count). The molecule has 0 fully saturated rings. The average molecular weight is 141 g/mol. The predicted molar refractivity (Wildman–Crippen MR) is 46.9 cm³/mol. The lowest BCUT2D eigenvalue weighted by Crippen LogP contribution is -2.20. The molecule has 0 saturated carbocycles. The Hall–Kier alpha value is -0.300. The van der Waals surface area contributed by atoms with Crippen LogP contribution in [0.4, 0.5) is 0 Å². The van der Waals surface area contributed by atoms with Gasteiger partial charge in [0.05, 0.1) is 0 Å². The predicted octanol–water partition coefficient (Wildman–Crippen LogP) is 2.33. The van der Waals surface area contributed by atoms with Gasteiger partial charge in [0.15, 0.2) is 0 Å². The Labute approximate surface area is 64.3 Å². The van der Waals surface area contributed by atoms with Gasteiger partial charge in [0.25, 0.3) is 0 Å². The summed E-state index contributed by atoms with van der Waals surface area (Å²) in [5.41, 5.74) is 6.86. The Morgan fingerprint density at radius 1 is 1.40 bits per heavy atom. The lowest BCUT2D eigenvalue weighted by molar-refractivity contribution is 0.523. The molecule has 0 radical (unpaired) electrons. The van der Waals surface area contributed by atoms with E-state index in [9.17, 15) is 0 Å². The van der Waals surface area contributed by atoms with Crippen molar-refractivity contribution in [3.05, 3.63) is 12.2 Å². The second kappa shape index (κ2) is 4.51. The van der Waals surface area contributed by atoms with Crippen molar-refractivity contribution in [3.63, 3.8) is 0 Å². The van der Waals surface area contributed by atoms with Crippen molar-refractivity contribution in [2.75, 3.05) is 0 Å². The van der Waals surface area contributed by atoms with Crippen LogP contribution in [0.15, 0.2) is 12.2 Å². The Morgan fingerprint density at radius 2 is 1.90 bits per heavy atom. The van der Waals surface area contributed by atoms with Crippen molar-refractivity contribution < 1.29 is 0 Å². The van der Waals surface area contributed by atoms with E-state index < -0.39 is 0 Å². The zero-order valence-corrected chi connectivity index (χ0v) is 7.35. The van der Waals surface area contributed by atoms with Crippen LogP contribution in [0.5, 0.6) is 0 Å². The van der Waals surface area contributed by atoms with E-state index in [1.807, 2.05) is 6.92 Å². The van der Waals surface area contributed by atoms with Gasteiger partial charge in [0.2, 0.25) is 0 Å². The van der Waals surface area contributed by atoms with Crippen LogP contribution in [0, 0.1) is 5.92 Å². The van der Waals surface area contributed by atoms with Crippen molar-refractivity contribution in [1.82, 2.24) is 0 Å². The first kappa shape index (κ1) is 9.70. The summed E-state index contributed by atoms with van der Waals surface area (Å²) in [5.74, 6) is 0.755. The molecule has 0 aliphatic rings. The maximum atomic E-state index is 5.77. The van der Waals surface area contributed by atoms with Crippen LogP contribution in [0.1, 0.15) is 33.6 Å². The highest BCUT2D eigenvalue weighted by Gasteiger charge is 2.03. The SMILES string of the molecule is C=C(C)C(N)CCC(C)C. The average Bonchev–Trinajstić information content (AvgIpc) is 1.82. The molecule has 0 saturated heterocycles. The molecule has 1 nitrogen and oxygen atoms in total. The fraction of sp³-hybridized carbons (Fsp3) is 0.778. The molecule has 1 unspecified atom stereocenters. The largest absolute Gasteiger partial charge is 0.324 e. The van der Waals surface area contributed by atoms with Crippen LogP contribution in [0.3, 0.4) is 0 Å². The summed E-state index contributed by atoms with van der Waals surface area (Å²) in [7, 11) is 0. The highest BCUT2D eigenvalue weighted by atomic mass is 14.6. The zero-order valence-electron chi connectivity index (χ0n) is 7.35. The summed E-state index contributed by atoms with van der Waals surface area (Å²) in [6, 6.07) is 0.211. The maximum absolute atomic E-state index is 5.77. The van der Waals surface area contributed by atoms with Gasteiger partial charge in [-0.05, 0) is 25.7 Å². The Balaban J connectivity index is 3.40. The first-order chi connectivity index (χ1) is 4.54. The number of hydrogen-bond acceptors (Lipinski definition) is 1. The van der Waals surface area contributed by atoms with Gasteiger partial charge in [-0.15, -0.1) is 0 Å². The molecule has 0 heterocycles. The Morgan fingerprint density at radius 3 is 2.20 bits per heavy atom. The summed E-state index contributed by atoms with van der Waals surface area (Å²) in [5, 5.41) is 0. The normalized spacial score (nSPS) is 13.7. The molecule has 60 valence electrons. The molecular weight excluding hydrogens is 122 g/mol. The third-order valence-electron chi connectivity index (χ3n) is 1.69. The molecule has 0 aromatic rings. The molecular formula is C9H19N. The highest BCUT2D eigenvalue weighted by molar-refractivity contribution is 4.99. The second-order valence-electron chi connectivity index (χ2n) is 3.42.